The van der Waals surface area contributed by atoms with Crippen molar-refractivity contribution < 1.29 is 10.2 Å². The van der Waals surface area contributed by atoms with E-state index in [9.17, 15) is 10.2 Å². The molecule has 7 rings (SSSR count). The number of nitrogens with zero attached hydrogens (tertiary/aromatic N) is 2. The number of nitrogens with two attached hydrogens (primary N) is 4. The van der Waals surface area contributed by atoms with E-state index in [2.05, 4.69) is 9.80 Å². The number of aliphatic hydroxyl groups excluding tert-OH is 2. The minimum Gasteiger partial charge on any atom is -0.398 e. The average molecular weight is 587 g/mol. The summed E-state index contributed by atoms with van der Waals surface area (Å²) in [5.74, 6) is -1.33. The van der Waals surface area contributed by atoms with Crippen molar-refractivity contribution in [3.05, 3.63) is 83.9 Å². The molecular weight excluding hydrogens is 548 g/mol. The highest BCUT2D eigenvalue weighted by Gasteiger charge is 2.53. The topological polar surface area (TPSA) is 151 Å². The van der Waals surface area contributed by atoms with Crippen LogP contribution in [-0.4, -0.2) is 50.6 Å². The molecule has 8 heteroatoms. The van der Waals surface area contributed by atoms with E-state index in [1.54, 1.807) is 0 Å². The number of aliphatic hydroxyl groups is 2. The highest BCUT2D eigenvalue weighted by Crippen LogP contribution is 2.58. The minimum atomic E-state index is -0.975. The quantitative estimate of drug-likeness (QED) is 0.119. The molecule has 1 fully saturated rings. The molecular formula is C36H38N6O2. The van der Waals surface area contributed by atoms with Gasteiger partial charge in [0, 0.05) is 106 Å². The first-order valence-electron chi connectivity index (χ1n) is 14.8. The second-order valence-corrected chi connectivity index (χ2v) is 12.4. The highest BCUT2D eigenvalue weighted by molar-refractivity contribution is 6.21. The normalized spacial score (nSPS) is 20.0. The van der Waals surface area contributed by atoms with Crippen LogP contribution in [0, 0.1) is 0 Å². The third kappa shape index (κ3) is 3.64. The smallest absolute Gasteiger partial charge is 0.0728 e. The van der Waals surface area contributed by atoms with Gasteiger partial charge in [0.2, 0.25) is 0 Å². The third-order valence-corrected chi connectivity index (χ3v) is 9.52. The molecule has 224 valence electrons. The first-order valence-corrected chi connectivity index (χ1v) is 14.8. The summed E-state index contributed by atoms with van der Waals surface area (Å²) in [6.07, 6.45) is -1.95. The number of benzene rings is 6. The Kier molecular flexibility index (Phi) is 6.21. The number of hydrogen-bond donors (Lipinski definition) is 6. The molecule has 1 saturated carbocycles. The lowest BCUT2D eigenvalue weighted by Gasteiger charge is -2.49. The molecule has 44 heavy (non-hydrogen) atoms. The van der Waals surface area contributed by atoms with Gasteiger partial charge in [0.15, 0.2) is 0 Å². The fourth-order valence-electron chi connectivity index (χ4n) is 7.83. The summed E-state index contributed by atoms with van der Waals surface area (Å²) in [5.41, 5.74) is 32.5. The molecule has 1 aliphatic rings. The lowest BCUT2D eigenvalue weighted by atomic mass is 9.60. The average Bonchev–Trinajstić information content (AvgIpc) is 2.96. The van der Waals surface area contributed by atoms with Gasteiger partial charge < -0.3 is 42.9 Å². The fraction of sp³-hybridized carbons (Fsp3) is 0.222. The standard InChI is InChI=1S/C36H38N6O2/c1-41(2)33-17-9-5-13-21(37)25(17)29(26-18(33)10-6-14-22(26)38)31-35(43)32(36(31)44)30-27-19(11-7-15-23(27)39)34(42(3)4)20-12-8-16-24(40)28(20)30/h5-16,31-32,35-36,43-44H,37-40H2,1-4H3. The predicted molar refractivity (Wildman–Crippen MR) is 187 cm³/mol. The Morgan fingerprint density at radius 1 is 0.455 bits per heavy atom. The van der Waals surface area contributed by atoms with Gasteiger partial charge in [-0.1, -0.05) is 48.5 Å². The van der Waals surface area contributed by atoms with Gasteiger partial charge in [-0.2, -0.15) is 0 Å². The summed E-state index contributed by atoms with van der Waals surface area (Å²) in [4.78, 5) is 4.11. The molecule has 0 heterocycles. The second-order valence-electron chi connectivity index (χ2n) is 12.4. The van der Waals surface area contributed by atoms with Gasteiger partial charge in [-0.3, -0.25) is 0 Å². The van der Waals surface area contributed by atoms with Crippen LogP contribution in [0.2, 0.25) is 0 Å². The summed E-state index contributed by atoms with van der Waals surface area (Å²) in [6, 6.07) is 23.3. The van der Waals surface area contributed by atoms with Crippen molar-refractivity contribution in [1.82, 2.24) is 0 Å². The van der Waals surface area contributed by atoms with Crippen LogP contribution in [0.25, 0.3) is 43.1 Å². The van der Waals surface area contributed by atoms with E-state index in [1.165, 1.54) is 0 Å². The van der Waals surface area contributed by atoms with Crippen molar-refractivity contribution in [2.45, 2.75) is 24.0 Å². The summed E-state index contributed by atoms with van der Waals surface area (Å²) >= 11 is 0. The molecule has 0 aliphatic heterocycles. The number of rotatable bonds is 4. The number of anilines is 6. The summed E-state index contributed by atoms with van der Waals surface area (Å²) < 4.78 is 0. The van der Waals surface area contributed by atoms with Gasteiger partial charge in [0.05, 0.1) is 23.6 Å². The minimum absolute atomic E-state index is 0.563. The van der Waals surface area contributed by atoms with E-state index in [0.29, 0.717) is 22.7 Å². The lowest BCUT2D eigenvalue weighted by Crippen LogP contribution is -2.52. The van der Waals surface area contributed by atoms with E-state index in [4.69, 9.17) is 22.9 Å². The Morgan fingerprint density at radius 3 is 0.932 bits per heavy atom. The maximum atomic E-state index is 12.3. The van der Waals surface area contributed by atoms with Crippen LogP contribution in [0.1, 0.15) is 23.0 Å². The molecule has 10 N–H and O–H groups in total. The Hall–Kier alpha value is -4.92. The molecule has 0 spiro atoms. The van der Waals surface area contributed by atoms with Crippen LogP contribution in [-0.2, 0) is 0 Å². The maximum absolute atomic E-state index is 12.3. The van der Waals surface area contributed by atoms with Crippen molar-refractivity contribution >= 4 is 77.2 Å². The zero-order chi connectivity index (χ0) is 31.2. The molecule has 0 saturated heterocycles. The van der Waals surface area contributed by atoms with Crippen molar-refractivity contribution in [2.24, 2.45) is 0 Å². The Morgan fingerprint density at radius 2 is 0.705 bits per heavy atom. The van der Waals surface area contributed by atoms with Gasteiger partial charge in [-0.15, -0.1) is 0 Å². The molecule has 0 radical (unpaired) electrons. The van der Waals surface area contributed by atoms with Gasteiger partial charge in [-0.05, 0) is 35.4 Å². The molecule has 0 unspecified atom stereocenters. The van der Waals surface area contributed by atoms with Crippen LogP contribution in [0.4, 0.5) is 34.1 Å². The van der Waals surface area contributed by atoms with E-state index in [0.717, 1.165) is 65.6 Å². The van der Waals surface area contributed by atoms with Crippen molar-refractivity contribution in [1.29, 1.82) is 0 Å². The Labute approximate surface area is 256 Å². The molecule has 6 aromatic rings. The zero-order valence-corrected chi connectivity index (χ0v) is 25.3. The van der Waals surface area contributed by atoms with Crippen LogP contribution in [0.5, 0.6) is 0 Å². The lowest BCUT2D eigenvalue weighted by molar-refractivity contribution is -0.0765. The fourth-order valence-corrected chi connectivity index (χ4v) is 7.83. The maximum Gasteiger partial charge on any atom is 0.0728 e. The predicted octanol–water partition coefficient (Wildman–Crippen LogP) is 5.36. The Bertz CT molecular complexity index is 1850. The van der Waals surface area contributed by atoms with E-state index in [-0.39, 0.29) is 0 Å². The summed E-state index contributed by atoms with van der Waals surface area (Å²) in [5, 5.41) is 31.4. The molecule has 0 atom stereocenters. The van der Waals surface area contributed by atoms with Gasteiger partial charge in [0.25, 0.3) is 0 Å². The van der Waals surface area contributed by atoms with E-state index < -0.39 is 24.0 Å². The largest absolute Gasteiger partial charge is 0.398 e. The van der Waals surface area contributed by atoms with Crippen molar-refractivity contribution in [3.8, 4) is 0 Å². The monoisotopic (exact) mass is 586 g/mol. The highest BCUT2D eigenvalue weighted by atomic mass is 16.3. The molecule has 1 aliphatic carbocycles. The first-order chi connectivity index (χ1) is 21.0. The number of nitrogen functional groups attached to an aromatic ring is 4. The van der Waals surface area contributed by atoms with Crippen molar-refractivity contribution in [3.63, 3.8) is 0 Å². The first kappa shape index (κ1) is 27.9. The van der Waals surface area contributed by atoms with Crippen LogP contribution in [0.15, 0.2) is 72.8 Å². The summed E-state index contributed by atoms with van der Waals surface area (Å²) in [6.45, 7) is 0. The number of fused-ring (bicyclic) bond motifs is 4. The van der Waals surface area contributed by atoms with Crippen molar-refractivity contribution in [2.75, 3.05) is 60.9 Å². The van der Waals surface area contributed by atoms with Crippen LogP contribution >= 0.6 is 0 Å². The molecule has 0 amide bonds. The molecule has 6 aromatic carbocycles. The van der Waals surface area contributed by atoms with E-state index >= 15 is 0 Å². The van der Waals surface area contributed by atoms with E-state index in [1.807, 2.05) is 101 Å². The van der Waals surface area contributed by atoms with Gasteiger partial charge in [0.1, 0.15) is 0 Å². The molecule has 0 bridgehead atoms. The van der Waals surface area contributed by atoms with Crippen LogP contribution in [0.3, 0.4) is 0 Å². The van der Waals surface area contributed by atoms with Crippen LogP contribution < -0.4 is 32.7 Å². The summed E-state index contributed by atoms with van der Waals surface area (Å²) in [7, 11) is 7.97. The SMILES string of the molecule is CN(C)c1c2cccc(N)c2c(C2C(O)C(c3c4c(N)cccc4c(N(C)C)c4cccc(N)c34)C2O)c2c(N)cccc12. The molecule has 8 nitrogen and oxygen atoms in total. The number of hydrogen-bond acceptors (Lipinski definition) is 8. The van der Waals surface area contributed by atoms with Gasteiger partial charge in [-0.25, -0.2) is 0 Å². The second kappa shape index (κ2) is 9.80. The third-order valence-electron chi connectivity index (χ3n) is 9.52. The molecule has 0 aromatic heterocycles. The zero-order valence-electron chi connectivity index (χ0n) is 25.3. The Balaban J connectivity index is 1.54. The van der Waals surface area contributed by atoms with Gasteiger partial charge >= 0.3 is 0 Å².